The molecule has 2 aromatic rings. The Morgan fingerprint density at radius 1 is 0.958 bits per heavy atom. The number of hydrogen-bond acceptors (Lipinski definition) is 2. The summed E-state index contributed by atoms with van der Waals surface area (Å²) in [7, 11) is 0. The smallest absolute Gasteiger partial charge is 0.109 e. The lowest BCUT2D eigenvalue weighted by atomic mass is 9.73. The second kappa shape index (κ2) is 5.10. The Morgan fingerprint density at radius 2 is 1.67 bits per heavy atom. The third-order valence-electron chi connectivity index (χ3n) is 5.34. The summed E-state index contributed by atoms with van der Waals surface area (Å²) in [5.74, 6) is 1.16. The number of benzene rings is 2. The van der Waals surface area contributed by atoms with E-state index in [-0.39, 0.29) is 11.0 Å². The molecule has 2 aliphatic rings. The van der Waals surface area contributed by atoms with E-state index in [4.69, 9.17) is 16.6 Å². The highest BCUT2D eigenvalue weighted by Crippen LogP contribution is 2.50. The van der Waals surface area contributed by atoms with Gasteiger partial charge < -0.3 is 0 Å². The van der Waals surface area contributed by atoms with Crippen LogP contribution in [0, 0.1) is 0 Å². The van der Waals surface area contributed by atoms with Crippen molar-refractivity contribution >= 4 is 28.8 Å². The molecule has 0 aliphatic carbocycles. The van der Waals surface area contributed by atoms with Gasteiger partial charge in [0.1, 0.15) is 5.84 Å². The highest BCUT2D eigenvalue weighted by Gasteiger charge is 2.39. The molecule has 0 saturated carbocycles. The lowest BCUT2D eigenvalue weighted by Gasteiger charge is -2.42. The van der Waals surface area contributed by atoms with Crippen molar-refractivity contribution in [1.29, 1.82) is 0 Å². The molecule has 3 heteroatoms. The summed E-state index contributed by atoms with van der Waals surface area (Å²) in [6.07, 6.45) is 2.09. The Bertz CT molecular complexity index is 849. The van der Waals surface area contributed by atoms with Crippen molar-refractivity contribution in [3.63, 3.8) is 0 Å². The minimum Gasteiger partial charge on any atom is -0.298 e. The van der Waals surface area contributed by atoms with E-state index in [9.17, 15) is 0 Å². The highest BCUT2D eigenvalue weighted by atomic mass is 35.5. The van der Waals surface area contributed by atoms with E-state index in [2.05, 4.69) is 69.0 Å². The monoisotopic (exact) mass is 338 g/mol. The summed E-state index contributed by atoms with van der Waals surface area (Å²) >= 11 is 6.33. The van der Waals surface area contributed by atoms with Crippen LogP contribution in [0.4, 0.5) is 11.4 Å². The van der Waals surface area contributed by atoms with Crippen molar-refractivity contribution in [2.75, 3.05) is 4.90 Å². The quantitative estimate of drug-likeness (QED) is 0.567. The van der Waals surface area contributed by atoms with E-state index < -0.39 is 0 Å². The van der Waals surface area contributed by atoms with Crippen LogP contribution in [0.3, 0.4) is 0 Å². The van der Waals surface area contributed by atoms with Gasteiger partial charge in [0.15, 0.2) is 0 Å². The van der Waals surface area contributed by atoms with E-state index in [1.165, 1.54) is 22.5 Å². The van der Waals surface area contributed by atoms with Gasteiger partial charge in [0.05, 0.1) is 16.9 Å². The number of anilines is 2. The number of fused-ring (bicyclic) bond motifs is 2. The zero-order chi connectivity index (χ0) is 17.1. The molecule has 0 fully saturated rings. The first-order valence-corrected chi connectivity index (χ1v) is 8.96. The summed E-state index contributed by atoms with van der Waals surface area (Å²) in [6.45, 7) is 8.97. The van der Waals surface area contributed by atoms with Crippen molar-refractivity contribution in [3.8, 4) is 0 Å². The number of nitrogens with zero attached hydrogens (tertiary/aromatic N) is 2. The van der Waals surface area contributed by atoms with Crippen molar-refractivity contribution in [2.45, 2.75) is 51.5 Å². The maximum Gasteiger partial charge on any atom is 0.109 e. The van der Waals surface area contributed by atoms with Gasteiger partial charge in [-0.2, -0.15) is 0 Å². The molecule has 0 amide bonds. The standard InChI is InChI=1S/C21H23ClN2/c1-20(2)12-11-19(23-20)24-17-8-6-5-7-15(17)21(3,4)16-13-14(22)9-10-18(16)24/h5-10,13H,11-12H2,1-4H3. The van der Waals surface area contributed by atoms with Crippen LogP contribution in [0.2, 0.25) is 5.02 Å². The Morgan fingerprint density at radius 3 is 2.38 bits per heavy atom. The molecule has 0 bridgehead atoms. The average Bonchev–Trinajstić information content (AvgIpc) is 2.88. The topological polar surface area (TPSA) is 15.6 Å². The molecular weight excluding hydrogens is 316 g/mol. The number of aliphatic imine (C=N–C) groups is 1. The summed E-state index contributed by atoms with van der Waals surface area (Å²) < 4.78 is 0. The molecule has 2 aliphatic heterocycles. The first kappa shape index (κ1) is 15.7. The van der Waals surface area contributed by atoms with E-state index in [1.54, 1.807) is 0 Å². The van der Waals surface area contributed by atoms with Crippen molar-refractivity contribution < 1.29 is 0 Å². The van der Waals surface area contributed by atoms with Crippen LogP contribution in [0.15, 0.2) is 47.5 Å². The van der Waals surface area contributed by atoms with Crippen molar-refractivity contribution in [1.82, 2.24) is 0 Å². The summed E-state index contributed by atoms with van der Waals surface area (Å²) in [4.78, 5) is 7.37. The van der Waals surface area contributed by atoms with Crippen molar-refractivity contribution in [3.05, 3.63) is 58.6 Å². The second-order valence-corrected chi connectivity index (χ2v) is 8.42. The molecule has 0 N–H and O–H groups in total. The van der Waals surface area contributed by atoms with Gasteiger partial charge in [-0.3, -0.25) is 9.89 Å². The average molecular weight is 339 g/mol. The molecule has 4 rings (SSSR count). The fraction of sp³-hybridized carbons (Fsp3) is 0.381. The van der Waals surface area contributed by atoms with Gasteiger partial charge in [-0.05, 0) is 55.7 Å². The molecule has 124 valence electrons. The molecule has 0 unspecified atom stereocenters. The number of amidine groups is 1. The normalized spacial score (nSPS) is 20.4. The molecule has 2 aromatic carbocycles. The Labute approximate surface area is 149 Å². The lowest BCUT2D eigenvalue weighted by Crippen LogP contribution is -2.36. The Hall–Kier alpha value is -1.80. The minimum absolute atomic E-state index is 0.0177. The zero-order valence-corrected chi connectivity index (χ0v) is 15.5. The molecule has 0 aromatic heterocycles. The van der Waals surface area contributed by atoms with E-state index >= 15 is 0 Å². The molecule has 2 nitrogen and oxygen atoms in total. The molecule has 0 radical (unpaired) electrons. The fourth-order valence-corrected chi connectivity index (χ4v) is 4.17. The zero-order valence-electron chi connectivity index (χ0n) is 14.7. The number of rotatable bonds is 0. The Kier molecular flexibility index (Phi) is 3.34. The Balaban J connectivity index is 1.99. The SMILES string of the molecule is CC1(C)CCC(N2c3ccccc3C(C)(C)c3cc(Cl)ccc32)=N1. The molecule has 0 spiro atoms. The first-order valence-electron chi connectivity index (χ1n) is 8.58. The lowest BCUT2D eigenvalue weighted by molar-refractivity contribution is 0.522. The fourth-order valence-electron chi connectivity index (χ4n) is 3.99. The molecular formula is C21H23ClN2. The third kappa shape index (κ3) is 2.28. The van der Waals surface area contributed by atoms with Crippen LogP contribution in [0.5, 0.6) is 0 Å². The second-order valence-electron chi connectivity index (χ2n) is 7.98. The summed E-state index contributed by atoms with van der Waals surface area (Å²) in [5, 5.41) is 0.787. The van der Waals surface area contributed by atoms with Crippen LogP contribution in [0.25, 0.3) is 0 Å². The predicted octanol–water partition coefficient (Wildman–Crippen LogP) is 6.09. The van der Waals surface area contributed by atoms with Crippen LogP contribution in [-0.2, 0) is 5.41 Å². The van der Waals surface area contributed by atoms with Crippen molar-refractivity contribution in [2.24, 2.45) is 4.99 Å². The first-order chi connectivity index (χ1) is 11.3. The van der Waals surface area contributed by atoms with Gasteiger partial charge >= 0.3 is 0 Å². The molecule has 0 atom stereocenters. The van der Waals surface area contributed by atoms with Crippen LogP contribution >= 0.6 is 11.6 Å². The summed E-state index contributed by atoms with van der Waals surface area (Å²) in [5.41, 5.74) is 4.98. The largest absolute Gasteiger partial charge is 0.298 e. The van der Waals surface area contributed by atoms with E-state index in [1.807, 2.05) is 6.07 Å². The van der Waals surface area contributed by atoms with Crippen LogP contribution in [0.1, 0.15) is 51.7 Å². The number of hydrogen-bond donors (Lipinski definition) is 0. The van der Waals surface area contributed by atoms with Gasteiger partial charge in [-0.1, -0.05) is 43.6 Å². The molecule has 2 heterocycles. The van der Waals surface area contributed by atoms with E-state index in [0.717, 1.165) is 23.7 Å². The van der Waals surface area contributed by atoms with Gasteiger partial charge in [-0.25, -0.2) is 0 Å². The maximum atomic E-state index is 6.33. The van der Waals surface area contributed by atoms with Crippen LogP contribution in [-0.4, -0.2) is 11.4 Å². The third-order valence-corrected chi connectivity index (χ3v) is 5.58. The number of halogens is 1. The molecule has 0 saturated heterocycles. The van der Waals surface area contributed by atoms with Gasteiger partial charge in [0.2, 0.25) is 0 Å². The predicted molar refractivity (Wildman–Crippen MR) is 103 cm³/mol. The number of para-hydroxylation sites is 1. The van der Waals surface area contributed by atoms with Crippen LogP contribution < -0.4 is 4.90 Å². The molecule has 24 heavy (non-hydrogen) atoms. The summed E-state index contributed by atoms with van der Waals surface area (Å²) in [6, 6.07) is 14.9. The van der Waals surface area contributed by atoms with Gasteiger partial charge in [0.25, 0.3) is 0 Å². The maximum absolute atomic E-state index is 6.33. The highest BCUT2D eigenvalue weighted by molar-refractivity contribution is 6.30. The van der Waals surface area contributed by atoms with Gasteiger partial charge in [-0.15, -0.1) is 0 Å². The van der Waals surface area contributed by atoms with E-state index in [0.29, 0.717) is 0 Å². The minimum atomic E-state index is -0.0813. The van der Waals surface area contributed by atoms with Gasteiger partial charge in [0, 0.05) is 16.9 Å².